The molecule has 2 aliphatic rings. The van der Waals surface area contributed by atoms with Gasteiger partial charge in [-0.05, 0) is 18.6 Å². The first kappa shape index (κ1) is 16.9. The smallest absolute Gasteiger partial charge is 0.205 e. The zero-order valence-electron chi connectivity index (χ0n) is 13.9. The zero-order valence-corrected chi connectivity index (χ0v) is 13.9. The van der Waals surface area contributed by atoms with Gasteiger partial charge in [0.1, 0.15) is 28.9 Å². The fourth-order valence-corrected chi connectivity index (χ4v) is 3.35. The standard InChI is InChI=1S/C18H13F2N5O2/c19-9-4-5-13(11(20)6-9)25-8-12(23-24-25)16-10(7-21)18(22)27-15-3-1-2-14(26)17(15)16/h4-6,8,16H,1-3,22H2. The Bertz CT molecular complexity index is 1060. The molecule has 1 aromatic heterocycles. The van der Waals surface area contributed by atoms with Crippen molar-refractivity contribution in [3.8, 4) is 11.8 Å². The van der Waals surface area contributed by atoms with Crippen LogP contribution in [0.25, 0.3) is 5.69 Å². The third-order valence-electron chi connectivity index (χ3n) is 4.57. The second-order valence-electron chi connectivity index (χ2n) is 6.22. The molecule has 4 rings (SSSR count). The first-order chi connectivity index (χ1) is 13.0. The van der Waals surface area contributed by atoms with Crippen molar-refractivity contribution < 1.29 is 18.3 Å². The molecule has 1 aliphatic heterocycles. The highest BCUT2D eigenvalue weighted by Gasteiger charge is 2.39. The molecule has 0 spiro atoms. The molecule has 0 fully saturated rings. The van der Waals surface area contributed by atoms with E-state index < -0.39 is 17.6 Å². The van der Waals surface area contributed by atoms with Crippen LogP contribution in [-0.2, 0) is 9.53 Å². The van der Waals surface area contributed by atoms with Crippen LogP contribution in [0, 0.1) is 23.0 Å². The maximum absolute atomic E-state index is 14.0. The molecule has 1 aliphatic carbocycles. The number of halogens is 2. The minimum atomic E-state index is -0.830. The van der Waals surface area contributed by atoms with Gasteiger partial charge >= 0.3 is 0 Å². The maximum Gasteiger partial charge on any atom is 0.205 e. The van der Waals surface area contributed by atoms with Gasteiger partial charge in [0.15, 0.2) is 11.6 Å². The molecule has 1 aromatic carbocycles. The normalized spacial score (nSPS) is 19.6. The summed E-state index contributed by atoms with van der Waals surface area (Å²) in [6.45, 7) is 0. The Morgan fingerprint density at radius 3 is 2.89 bits per heavy atom. The lowest BCUT2D eigenvalue weighted by atomic mass is 9.80. The van der Waals surface area contributed by atoms with Crippen LogP contribution in [0.3, 0.4) is 0 Å². The van der Waals surface area contributed by atoms with Crippen molar-refractivity contribution in [2.24, 2.45) is 5.73 Å². The Labute approximate surface area is 152 Å². The van der Waals surface area contributed by atoms with E-state index in [1.807, 2.05) is 6.07 Å². The molecular weight excluding hydrogens is 356 g/mol. The summed E-state index contributed by atoms with van der Waals surface area (Å²) in [4.78, 5) is 12.5. The van der Waals surface area contributed by atoms with Gasteiger partial charge in [-0.2, -0.15) is 5.26 Å². The van der Waals surface area contributed by atoms with Crippen LogP contribution >= 0.6 is 0 Å². The number of nitrogens with zero attached hydrogens (tertiary/aromatic N) is 4. The van der Waals surface area contributed by atoms with Crippen LogP contribution in [0.15, 0.2) is 47.2 Å². The molecule has 2 N–H and O–H groups in total. The number of allylic oxidation sites excluding steroid dienone is 3. The maximum atomic E-state index is 14.0. The molecule has 0 radical (unpaired) electrons. The molecule has 0 saturated carbocycles. The Kier molecular flexibility index (Phi) is 3.96. The van der Waals surface area contributed by atoms with Gasteiger partial charge < -0.3 is 10.5 Å². The summed E-state index contributed by atoms with van der Waals surface area (Å²) in [7, 11) is 0. The van der Waals surface area contributed by atoms with Crippen molar-refractivity contribution in [3.63, 3.8) is 0 Å². The highest BCUT2D eigenvalue weighted by molar-refractivity contribution is 5.99. The average Bonchev–Trinajstić information content (AvgIpc) is 3.10. The lowest BCUT2D eigenvalue weighted by molar-refractivity contribution is -0.116. The van der Waals surface area contributed by atoms with E-state index in [0.29, 0.717) is 30.6 Å². The predicted molar refractivity (Wildman–Crippen MR) is 87.8 cm³/mol. The summed E-state index contributed by atoms with van der Waals surface area (Å²) in [6, 6.07) is 5.01. The van der Waals surface area contributed by atoms with Crippen LogP contribution in [0.5, 0.6) is 0 Å². The number of rotatable bonds is 2. The van der Waals surface area contributed by atoms with Crippen molar-refractivity contribution in [1.29, 1.82) is 5.26 Å². The van der Waals surface area contributed by atoms with Crippen molar-refractivity contribution in [1.82, 2.24) is 15.0 Å². The van der Waals surface area contributed by atoms with E-state index in [4.69, 9.17) is 10.5 Å². The summed E-state index contributed by atoms with van der Waals surface area (Å²) in [6.07, 6.45) is 2.88. The van der Waals surface area contributed by atoms with E-state index >= 15 is 0 Å². The van der Waals surface area contributed by atoms with E-state index in [1.165, 1.54) is 12.3 Å². The lowest BCUT2D eigenvalue weighted by Gasteiger charge is -2.29. The average molecular weight is 369 g/mol. The molecule has 0 bridgehead atoms. The van der Waals surface area contributed by atoms with Gasteiger partial charge in [0, 0.05) is 24.5 Å². The Hall–Kier alpha value is -3.54. The molecule has 0 saturated heterocycles. The van der Waals surface area contributed by atoms with Gasteiger partial charge in [-0.25, -0.2) is 13.5 Å². The van der Waals surface area contributed by atoms with Gasteiger partial charge in [0.2, 0.25) is 5.88 Å². The van der Waals surface area contributed by atoms with Crippen molar-refractivity contribution in [2.45, 2.75) is 25.2 Å². The SMILES string of the molecule is N#CC1=C(N)OC2=C(C(=O)CCC2)C1c1cn(-c2ccc(F)cc2F)nn1. The highest BCUT2D eigenvalue weighted by Crippen LogP contribution is 2.42. The van der Waals surface area contributed by atoms with Crippen LogP contribution in [0.2, 0.25) is 0 Å². The number of ether oxygens (including phenoxy) is 1. The van der Waals surface area contributed by atoms with E-state index in [2.05, 4.69) is 10.3 Å². The number of aromatic nitrogens is 3. The zero-order chi connectivity index (χ0) is 19.1. The summed E-state index contributed by atoms with van der Waals surface area (Å²) >= 11 is 0. The summed E-state index contributed by atoms with van der Waals surface area (Å²) in [5.41, 5.74) is 6.49. The number of hydrogen-bond acceptors (Lipinski definition) is 6. The predicted octanol–water partition coefficient (Wildman–Crippen LogP) is 2.36. The molecule has 2 aromatic rings. The van der Waals surface area contributed by atoms with Gasteiger partial charge in [-0.15, -0.1) is 5.10 Å². The summed E-state index contributed by atoms with van der Waals surface area (Å²) in [5, 5.41) is 17.4. The fraction of sp³-hybridized carbons (Fsp3) is 0.222. The van der Waals surface area contributed by atoms with Crippen LogP contribution in [0.4, 0.5) is 8.78 Å². The topological polar surface area (TPSA) is 107 Å². The number of ketones is 1. The summed E-state index contributed by atoms with van der Waals surface area (Å²) < 4.78 is 33.8. The quantitative estimate of drug-likeness (QED) is 0.871. The molecule has 1 atom stereocenters. The van der Waals surface area contributed by atoms with Crippen molar-refractivity contribution in [2.75, 3.05) is 0 Å². The van der Waals surface area contributed by atoms with Crippen molar-refractivity contribution >= 4 is 5.78 Å². The monoisotopic (exact) mass is 369 g/mol. The number of nitrogens with two attached hydrogens (primary N) is 1. The number of benzene rings is 1. The minimum Gasteiger partial charge on any atom is -0.444 e. The minimum absolute atomic E-state index is 0.0122. The number of nitriles is 1. The molecule has 1 unspecified atom stereocenters. The molecule has 27 heavy (non-hydrogen) atoms. The second-order valence-corrected chi connectivity index (χ2v) is 6.22. The highest BCUT2D eigenvalue weighted by atomic mass is 19.1. The molecular formula is C18H13F2N5O2. The van der Waals surface area contributed by atoms with E-state index in [1.54, 1.807) is 0 Å². The fourth-order valence-electron chi connectivity index (χ4n) is 3.35. The Morgan fingerprint density at radius 1 is 1.33 bits per heavy atom. The molecule has 9 heteroatoms. The lowest BCUT2D eigenvalue weighted by Crippen LogP contribution is -2.27. The molecule has 7 nitrogen and oxygen atoms in total. The van der Waals surface area contributed by atoms with Gasteiger partial charge in [-0.1, -0.05) is 5.21 Å². The third kappa shape index (κ3) is 2.75. The first-order valence-electron chi connectivity index (χ1n) is 8.21. The Morgan fingerprint density at radius 2 is 2.15 bits per heavy atom. The van der Waals surface area contributed by atoms with E-state index in [-0.39, 0.29) is 28.6 Å². The van der Waals surface area contributed by atoms with Gasteiger partial charge in [0.25, 0.3) is 0 Å². The van der Waals surface area contributed by atoms with Crippen molar-refractivity contribution in [3.05, 3.63) is 64.5 Å². The Balaban J connectivity index is 1.82. The number of carbonyl (C=O) groups is 1. The summed E-state index contributed by atoms with van der Waals surface area (Å²) in [5.74, 6) is -2.17. The van der Waals surface area contributed by atoms with Crippen LogP contribution in [-0.4, -0.2) is 20.8 Å². The number of carbonyl (C=O) groups excluding carboxylic acids is 1. The third-order valence-corrected chi connectivity index (χ3v) is 4.57. The number of hydrogen-bond donors (Lipinski definition) is 1. The molecule has 0 amide bonds. The number of Topliss-reactive ketones (excluding diaryl/α,β-unsaturated/α-hetero) is 1. The second kappa shape index (κ2) is 6.32. The van der Waals surface area contributed by atoms with E-state index in [0.717, 1.165) is 16.8 Å². The van der Waals surface area contributed by atoms with Crippen LogP contribution < -0.4 is 5.73 Å². The van der Waals surface area contributed by atoms with Crippen LogP contribution in [0.1, 0.15) is 30.9 Å². The molecule has 136 valence electrons. The molecule has 2 heterocycles. The van der Waals surface area contributed by atoms with Gasteiger partial charge in [0.05, 0.1) is 17.8 Å². The first-order valence-corrected chi connectivity index (χ1v) is 8.21. The largest absolute Gasteiger partial charge is 0.444 e. The van der Waals surface area contributed by atoms with Gasteiger partial charge in [-0.3, -0.25) is 4.79 Å². The van der Waals surface area contributed by atoms with E-state index in [9.17, 15) is 18.8 Å².